The van der Waals surface area contributed by atoms with Gasteiger partial charge in [-0.1, -0.05) is 35.2 Å². The van der Waals surface area contributed by atoms with Gasteiger partial charge in [-0.05, 0) is 32.1 Å². The van der Waals surface area contributed by atoms with E-state index in [1.807, 2.05) is 0 Å². The normalized spacial score (nSPS) is 38.0. The van der Waals surface area contributed by atoms with Crippen molar-refractivity contribution < 1.29 is 24.2 Å². The summed E-state index contributed by atoms with van der Waals surface area (Å²) in [5, 5.41) is 15.0. The Bertz CT molecular complexity index is 700. The van der Waals surface area contributed by atoms with Gasteiger partial charge in [0.1, 0.15) is 11.6 Å². The van der Waals surface area contributed by atoms with E-state index in [0.29, 0.717) is 25.8 Å². The minimum Gasteiger partial charge on any atom is -0.396 e. The molecule has 168 valence electrons. The zero-order valence-corrected chi connectivity index (χ0v) is 19.0. The Morgan fingerprint density at radius 2 is 1.97 bits per heavy atom. The van der Waals surface area contributed by atoms with Gasteiger partial charge in [0, 0.05) is 31.1 Å². The average molecular weight is 486 g/mol. The maximum atomic E-state index is 13.5. The molecule has 4 rings (SSSR count). The Hall–Kier alpha value is -1.19. The van der Waals surface area contributed by atoms with Gasteiger partial charge in [-0.25, -0.2) is 0 Å². The van der Waals surface area contributed by atoms with Crippen LogP contribution in [0.15, 0.2) is 0 Å². The first-order chi connectivity index (χ1) is 14.4. The summed E-state index contributed by atoms with van der Waals surface area (Å²) in [5.41, 5.74) is -0.981. The van der Waals surface area contributed by atoms with E-state index in [1.165, 1.54) is 6.42 Å². The Labute approximate surface area is 185 Å². The molecular formula is C21H32BrN3O5. The van der Waals surface area contributed by atoms with Crippen molar-refractivity contribution in [2.45, 2.75) is 80.0 Å². The third-order valence-electron chi connectivity index (χ3n) is 7.35. The summed E-state index contributed by atoms with van der Waals surface area (Å²) in [4.78, 5) is 41.3. The molecule has 0 radical (unpaired) electrons. The summed E-state index contributed by atoms with van der Waals surface area (Å²) < 4.78 is 6.38. The minimum absolute atomic E-state index is 0.0401. The minimum atomic E-state index is -0.981. The van der Waals surface area contributed by atoms with Crippen LogP contribution >= 0.6 is 15.9 Å². The van der Waals surface area contributed by atoms with Crippen molar-refractivity contribution in [3.63, 3.8) is 0 Å². The number of amides is 3. The van der Waals surface area contributed by atoms with E-state index in [4.69, 9.17) is 4.74 Å². The molecule has 1 spiro atoms. The molecule has 1 saturated carbocycles. The van der Waals surface area contributed by atoms with Crippen LogP contribution in [0.5, 0.6) is 0 Å². The van der Waals surface area contributed by atoms with Crippen LogP contribution in [0.25, 0.3) is 0 Å². The largest absolute Gasteiger partial charge is 0.396 e. The van der Waals surface area contributed by atoms with Gasteiger partial charge in [-0.15, -0.1) is 0 Å². The predicted octanol–water partition coefficient (Wildman–Crippen LogP) is 0.702. The molecule has 3 unspecified atom stereocenters. The van der Waals surface area contributed by atoms with Gasteiger partial charge < -0.3 is 25.4 Å². The highest BCUT2D eigenvalue weighted by Gasteiger charge is 2.76. The standard InChI is InChI=1S/C21H32BrN3O5/c1-23-18(27)14-15-20(29)25(9-5-6-10-26)17(21(15)11-13(22)16(14)30-21)19(28)24-12-7-3-2-4-8-12/h12-17,26H,2-11H2,1H3,(H,23,27)(H,24,28)/t13?,14-,15+,16-,17?,21?/m1/s1. The molecule has 3 N–H and O–H groups in total. The zero-order chi connectivity index (χ0) is 21.5. The van der Waals surface area contributed by atoms with E-state index in [1.54, 1.807) is 11.9 Å². The molecule has 2 bridgehead atoms. The zero-order valence-electron chi connectivity index (χ0n) is 17.4. The summed E-state index contributed by atoms with van der Waals surface area (Å²) in [7, 11) is 1.57. The second-order valence-corrected chi connectivity index (χ2v) is 10.3. The fourth-order valence-corrected chi connectivity index (χ4v) is 7.00. The number of rotatable bonds is 7. The van der Waals surface area contributed by atoms with Crippen molar-refractivity contribution in [1.29, 1.82) is 0 Å². The Kier molecular flexibility index (Phi) is 6.42. The Morgan fingerprint density at radius 3 is 2.63 bits per heavy atom. The third kappa shape index (κ3) is 3.46. The molecule has 1 aliphatic carbocycles. The van der Waals surface area contributed by atoms with Gasteiger partial charge in [0.05, 0.1) is 17.9 Å². The van der Waals surface area contributed by atoms with Crippen LogP contribution in [0.2, 0.25) is 0 Å². The molecule has 0 aromatic heterocycles. The number of carbonyl (C=O) groups is 3. The second-order valence-electron chi connectivity index (χ2n) is 9.08. The number of unbranched alkanes of at least 4 members (excludes halogenated alkanes) is 1. The molecule has 8 nitrogen and oxygen atoms in total. The number of alkyl halides is 1. The van der Waals surface area contributed by atoms with E-state index in [9.17, 15) is 19.5 Å². The van der Waals surface area contributed by atoms with E-state index in [2.05, 4.69) is 26.6 Å². The van der Waals surface area contributed by atoms with Crippen molar-refractivity contribution >= 4 is 33.7 Å². The fraction of sp³-hybridized carbons (Fsp3) is 0.857. The van der Waals surface area contributed by atoms with Crippen LogP contribution in [0.3, 0.4) is 0 Å². The lowest BCUT2D eigenvalue weighted by Gasteiger charge is -2.35. The number of aliphatic hydroxyl groups excluding tert-OH is 1. The third-order valence-corrected chi connectivity index (χ3v) is 8.19. The number of carbonyl (C=O) groups excluding carboxylic acids is 3. The van der Waals surface area contributed by atoms with Crippen LogP contribution in [-0.4, -0.2) is 76.5 Å². The van der Waals surface area contributed by atoms with Crippen LogP contribution < -0.4 is 10.6 Å². The van der Waals surface area contributed by atoms with Crippen LogP contribution in [0, 0.1) is 11.8 Å². The maximum Gasteiger partial charge on any atom is 0.246 e. The SMILES string of the molecule is CNC(=O)[C@H]1[C@@H]2OC3(CC2Br)C(C(=O)NC2CCCCC2)N(CCCCO)C(=O)[C@H]13. The molecule has 4 fully saturated rings. The molecule has 3 amide bonds. The number of likely N-dealkylation sites (tertiary alicyclic amines) is 1. The van der Waals surface area contributed by atoms with Crippen molar-refractivity contribution in [2.75, 3.05) is 20.2 Å². The van der Waals surface area contributed by atoms with Crippen LogP contribution in [0.1, 0.15) is 51.4 Å². The van der Waals surface area contributed by atoms with Gasteiger partial charge in [0.25, 0.3) is 0 Å². The number of hydrogen-bond donors (Lipinski definition) is 3. The topological polar surface area (TPSA) is 108 Å². The highest BCUT2D eigenvalue weighted by atomic mass is 79.9. The molecule has 3 saturated heterocycles. The number of fused-ring (bicyclic) bond motifs is 1. The lowest BCUT2D eigenvalue weighted by atomic mass is 9.70. The number of hydrogen-bond acceptors (Lipinski definition) is 5. The molecule has 6 atom stereocenters. The lowest BCUT2D eigenvalue weighted by Crippen LogP contribution is -2.57. The van der Waals surface area contributed by atoms with E-state index < -0.39 is 29.6 Å². The molecule has 0 aromatic rings. The summed E-state index contributed by atoms with van der Waals surface area (Å²) in [5.74, 6) is -1.80. The van der Waals surface area contributed by atoms with Gasteiger partial charge in [-0.3, -0.25) is 14.4 Å². The molecule has 4 aliphatic rings. The molecule has 9 heteroatoms. The number of ether oxygens (including phenoxy) is 1. The first-order valence-corrected chi connectivity index (χ1v) is 12.1. The quantitative estimate of drug-likeness (QED) is 0.363. The molecule has 0 aromatic carbocycles. The number of halogens is 1. The molecule has 3 heterocycles. The summed E-state index contributed by atoms with van der Waals surface area (Å²) in [6.45, 7) is 0.417. The van der Waals surface area contributed by atoms with Gasteiger partial charge >= 0.3 is 0 Å². The smallest absolute Gasteiger partial charge is 0.246 e. The van der Waals surface area contributed by atoms with Gasteiger partial charge in [-0.2, -0.15) is 0 Å². The monoisotopic (exact) mass is 485 g/mol. The van der Waals surface area contributed by atoms with E-state index in [0.717, 1.165) is 25.7 Å². The average Bonchev–Trinajstić information content (AvgIpc) is 3.32. The lowest BCUT2D eigenvalue weighted by molar-refractivity contribution is -0.142. The summed E-state index contributed by atoms with van der Waals surface area (Å²) in [6.07, 6.45) is 6.58. The molecular weight excluding hydrogens is 454 g/mol. The predicted molar refractivity (Wildman–Crippen MR) is 113 cm³/mol. The highest BCUT2D eigenvalue weighted by Crippen LogP contribution is 2.60. The van der Waals surface area contributed by atoms with E-state index in [-0.39, 0.29) is 35.2 Å². The molecule has 3 aliphatic heterocycles. The fourth-order valence-electron chi connectivity index (χ4n) is 6.06. The van der Waals surface area contributed by atoms with Gasteiger partial charge in [0.15, 0.2) is 0 Å². The molecule has 30 heavy (non-hydrogen) atoms. The second kappa shape index (κ2) is 8.74. The van der Waals surface area contributed by atoms with Crippen molar-refractivity contribution in [3.05, 3.63) is 0 Å². The Morgan fingerprint density at radius 1 is 1.23 bits per heavy atom. The van der Waals surface area contributed by atoms with Crippen molar-refractivity contribution in [3.8, 4) is 0 Å². The summed E-state index contributed by atoms with van der Waals surface area (Å²) in [6, 6.07) is -0.612. The Balaban J connectivity index is 1.64. The van der Waals surface area contributed by atoms with Crippen molar-refractivity contribution in [2.24, 2.45) is 11.8 Å². The first kappa shape index (κ1) is 22.0. The van der Waals surface area contributed by atoms with E-state index >= 15 is 0 Å². The van der Waals surface area contributed by atoms with Gasteiger partial charge in [0.2, 0.25) is 17.7 Å². The first-order valence-electron chi connectivity index (χ1n) is 11.2. The maximum absolute atomic E-state index is 13.5. The highest BCUT2D eigenvalue weighted by molar-refractivity contribution is 9.09. The van der Waals surface area contributed by atoms with Crippen LogP contribution in [0.4, 0.5) is 0 Å². The number of nitrogens with one attached hydrogen (secondary N) is 2. The summed E-state index contributed by atoms with van der Waals surface area (Å²) >= 11 is 3.64. The van der Waals surface area contributed by atoms with Crippen molar-refractivity contribution in [1.82, 2.24) is 15.5 Å². The number of aliphatic hydroxyl groups is 1. The van der Waals surface area contributed by atoms with Crippen LogP contribution in [-0.2, 0) is 19.1 Å². The number of nitrogens with zero attached hydrogens (tertiary/aromatic N) is 1.